The van der Waals surface area contributed by atoms with Gasteiger partial charge in [0.1, 0.15) is 5.00 Å². The molecule has 0 radical (unpaired) electrons. The molecule has 3 aromatic rings. The van der Waals surface area contributed by atoms with Crippen LogP contribution in [0.15, 0.2) is 59.5 Å². The van der Waals surface area contributed by atoms with Gasteiger partial charge in [-0.1, -0.05) is 24.3 Å². The predicted octanol–water partition coefficient (Wildman–Crippen LogP) is 3.97. The van der Waals surface area contributed by atoms with E-state index in [4.69, 9.17) is 4.74 Å². The molecule has 0 fully saturated rings. The number of esters is 1. The van der Waals surface area contributed by atoms with E-state index in [-0.39, 0.29) is 22.8 Å². The molecule has 2 N–H and O–H groups in total. The molecule has 2 aromatic carbocycles. The smallest absolute Gasteiger partial charge is 0.341 e. The third-order valence-electron chi connectivity index (χ3n) is 5.38. The fraction of sp³-hybridized carbons (Fsp3) is 0.250. The summed E-state index contributed by atoms with van der Waals surface area (Å²) in [7, 11) is -1.78. The fourth-order valence-corrected chi connectivity index (χ4v) is 6.13. The fourth-order valence-electron chi connectivity index (χ4n) is 3.75. The Kier molecular flexibility index (Phi) is 7.01. The number of carbonyl (C=O) groups is 2. The second-order valence-corrected chi connectivity index (χ2v) is 10.7. The minimum atomic E-state index is -3.79. The Morgan fingerprint density at radius 1 is 1.12 bits per heavy atom. The third kappa shape index (κ3) is 5.14. The van der Waals surface area contributed by atoms with Gasteiger partial charge in [-0.05, 0) is 56.3 Å². The molecule has 178 valence electrons. The lowest BCUT2D eigenvalue weighted by Crippen LogP contribution is -2.26. The first-order chi connectivity index (χ1) is 16.3. The van der Waals surface area contributed by atoms with Gasteiger partial charge in [0.25, 0.3) is 15.9 Å². The highest BCUT2D eigenvalue weighted by Gasteiger charge is 2.29. The number of carbonyl (C=O) groups excluding carboxylic acids is 2. The molecule has 1 aromatic heterocycles. The second-order valence-electron chi connectivity index (χ2n) is 7.87. The zero-order valence-electron chi connectivity index (χ0n) is 18.8. The molecule has 34 heavy (non-hydrogen) atoms. The lowest BCUT2D eigenvalue weighted by atomic mass is 10.0. The third-order valence-corrected chi connectivity index (χ3v) is 7.91. The summed E-state index contributed by atoms with van der Waals surface area (Å²) in [6.07, 6.45) is 0.698. The van der Waals surface area contributed by atoms with Gasteiger partial charge in [-0.3, -0.25) is 9.52 Å². The molecule has 0 atom stereocenters. The summed E-state index contributed by atoms with van der Waals surface area (Å²) >= 11 is 1.37. The molecule has 0 saturated carbocycles. The van der Waals surface area contributed by atoms with Gasteiger partial charge >= 0.3 is 5.97 Å². The Morgan fingerprint density at radius 3 is 2.62 bits per heavy atom. The van der Waals surface area contributed by atoms with Gasteiger partial charge in [0.2, 0.25) is 0 Å². The molecular formula is C24H25N3O5S2. The molecule has 1 amide bonds. The van der Waals surface area contributed by atoms with Crippen molar-refractivity contribution in [2.24, 2.45) is 0 Å². The maximum absolute atomic E-state index is 13.1. The number of anilines is 2. The van der Waals surface area contributed by atoms with Crippen molar-refractivity contribution < 1.29 is 22.7 Å². The van der Waals surface area contributed by atoms with E-state index in [0.717, 1.165) is 17.0 Å². The molecule has 0 spiro atoms. The molecule has 1 aliphatic rings. The lowest BCUT2D eigenvalue weighted by Gasteiger charge is -2.22. The summed E-state index contributed by atoms with van der Waals surface area (Å²) in [4.78, 5) is 29.1. The van der Waals surface area contributed by atoms with Crippen LogP contribution in [0.5, 0.6) is 0 Å². The van der Waals surface area contributed by atoms with Gasteiger partial charge in [0.05, 0.1) is 17.1 Å². The molecule has 0 aliphatic carbocycles. The SMILES string of the molecule is CCOC(=O)c1c(NC(=O)c2cccc(NS(=O)(=O)c3ccccc3)c2)sc2c1CCN(C)C2. The Bertz CT molecular complexity index is 1320. The summed E-state index contributed by atoms with van der Waals surface area (Å²) in [6.45, 7) is 3.48. The molecule has 10 heteroatoms. The highest BCUT2D eigenvalue weighted by molar-refractivity contribution is 7.92. The van der Waals surface area contributed by atoms with Crippen molar-refractivity contribution in [1.29, 1.82) is 0 Å². The van der Waals surface area contributed by atoms with E-state index in [2.05, 4.69) is 14.9 Å². The number of hydrogen-bond acceptors (Lipinski definition) is 7. The monoisotopic (exact) mass is 499 g/mol. The van der Waals surface area contributed by atoms with Crippen molar-refractivity contribution in [3.8, 4) is 0 Å². The van der Waals surface area contributed by atoms with E-state index in [1.807, 2.05) is 7.05 Å². The van der Waals surface area contributed by atoms with Crippen LogP contribution in [0, 0.1) is 0 Å². The minimum Gasteiger partial charge on any atom is -0.462 e. The maximum atomic E-state index is 13.1. The first kappa shape index (κ1) is 23.9. The highest BCUT2D eigenvalue weighted by atomic mass is 32.2. The van der Waals surface area contributed by atoms with Gasteiger partial charge in [-0.25, -0.2) is 13.2 Å². The van der Waals surface area contributed by atoms with Crippen LogP contribution in [0.2, 0.25) is 0 Å². The Morgan fingerprint density at radius 2 is 1.88 bits per heavy atom. The van der Waals surface area contributed by atoms with Crippen LogP contribution < -0.4 is 10.0 Å². The van der Waals surface area contributed by atoms with E-state index in [1.165, 1.54) is 29.5 Å². The summed E-state index contributed by atoms with van der Waals surface area (Å²) in [5.41, 5.74) is 1.84. The molecular weight excluding hydrogens is 474 g/mol. The Labute approximate surface area is 202 Å². The average molecular weight is 500 g/mol. The van der Waals surface area contributed by atoms with Crippen LogP contribution in [0.3, 0.4) is 0 Å². The first-order valence-corrected chi connectivity index (χ1v) is 13.1. The summed E-state index contributed by atoms with van der Waals surface area (Å²) in [5.74, 6) is -0.900. The number of likely N-dealkylation sites (N-methyl/N-ethyl adjacent to an activating group) is 1. The number of nitrogens with one attached hydrogen (secondary N) is 2. The van der Waals surface area contributed by atoms with Gasteiger partial charge < -0.3 is 15.0 Å². The van der Waals surface area contributed by atoms with E-state index in [0.29, 0.717) is 23.5 Å². The van der Waals surface area contributed by atoms with Gasteiger partial charge in [0.15, 0.2) is 0 Å². The number of amides is 1. The van der Waals surface area contributed by atoms with Gasteiger partial charge in [-0.15, -0.1) is 11.3 Å². The number of ether oxygens (including phenoxy) is 1. The topological polar surface area (TPSA) is 105 Å². The normalized spacial score (nSPS) is 13.7. The largest absolute Gasteiger partial charge is 0.462 e. The van der Waals surface area contributed by atoms with E-state index in [9.17, 15) is 18.0 Å². The summed E-state index contributed by atoms with van der Waals surface area (Å²) in [5, 5.41) is 3.29. The van der Waals surface area contributed by atoms with Crippen LogP contribution in [0.1, 0.15) is 38.1 Å². The van der Waals surface area contributed by atoms with Crippen LogP contribution in [0.4, 0.5) is 10.7 Å². The van der Waals surface area contributed by atoms with Gasteiger partial charge in [0, 0.05) is 29.2 Å². The number of benzene rings is 2. The highest BCUT2D eigenvalue weighted by Crippen LogP contribution is 2.37. The molecule has 1 aliphatic heterocycles. The number of hydrogen-bond donors (Lipinski definition) is 2. The number of sulfonamides is 1. The minimum absolute atomic E-state index is 0.123. The second kappa shape index (κ2) is 9.96. The van der Waals surface area contributed by atoms with Crippen molar-refractivity contribution in [1.82, 2.24) is 4.90 Å². The number of rotatable bonds is 7. The van der Waals surface area contributed by atoms with Crippen LogP contribution in [0.25, 0.3) is 0 Å². The predicted molar refractivity (Wildman–Crippen MR) is 132 cm³/mol. The van der Waals surface area contributed by atoms with Crippen molar-refractivity contribution in [2.75, 3.05) is 30.2 Å². The number of thiophene rings is 1. The molecule has 0 saturated heterocycles. The molecule has 0 unspecified atom stereocenters. The Hall–Kier alpha value is -3.21. The first-order valence-electron chi connectivity index (χ1n) is 10.8. The zero-order valence-corrected chi connectivity index (χ0v) is 20.5. The molecule has 0 bridgehead atoms. The van der Waals surface area contributed by atoms with Gasteiger partial charge in [-0.2, -0.15) is 0 Å². The molecule has 2 heterocycles. The van der Waals surface area contributed by atoms with E-state index in [1.54, 1.807) is 43.3 Å². The summed E-state index contributed by atoms with van der Waals surface area (Å²) in [6, 6.07) is 14.2. The van der Waals surface area contributed by atoms with Crippen molar-refractivity contribution in [3.05, 3.63) is 76.2 Å². The summed E-state index contributed by atoms with van der Waals surface area (Å²) < 4.78 is 33.0. The van der Waals surface area contributed by atoms with Crippen LogP contribution in [-0.4, -0.2) is 45.4 Å². The van der Waals surface area contributed by atoms with E-state index >= 15 is 0 Å². The van der Waals surface area contributed by atoms with E-state index < -0.39 is 21.9 Å². The number of nitrogens with zero attached hydrogens (tertiary/aromatic N) is 1. The average Bonchev–Trinajstić information content (AvgIpc) is 3.16. The number of fused-ring (bicyclic) bond motifs is 1. The lowest BCUT2D eigenvalue weighted by molar-refractivity contribution is 0.0526. The van der Waals surface area contributed by atoms with Crippen LogP contribution in [-0.2, 0) is 27.7 Å². The van der Waals surface area contributed by atoms with Crippen molar-refractivity contribution >= 4 is 43.9 Å². The van der Waals surface area contributed by atoms with Crippen molar-refractivity contribution in [2.45, 2.75) is 24.8 Å². The molecule has 8 nitrogen and oxygen atoms in total. The van der Waals surface area contributed by atoms with Crippen LogP contribution >= 0.6 is 11.3 Å². The quantitative estimate of drug-likeness (QED) is 0.477. The van der Waals surface area contributed by atoms with Crippen molar-refractivity contribution in [3.63, 3.8) is 0 Å². The maximum Gasteiger partial charge on any atom is 0.341 e. The Balaban J connectivity index is 1.59. The zero-order chi connectivity index (χ0) is 24.3. The standard InChI is InChI=1S/C24H25N3O5S2/c1-3-32-24(29)21-19-12-13-27(2)15-20(19)33-23(21)25-22(28)16-8-7-9-17(14-16)26-34(30,31)18-10-5-4-6-11-18/h4-11,14,26H,3,12-13,15H2,1-2H3,(H,25,28). The molecule has 4 rings (SSSR count).